The van der Waals surface area contributed by atoms with Crippen molar-refractivity contribution in [1.29, 1.82) is 0 Å². The summed E-state index contributed by atoms with van der Waals surface area (Å²) in [5.74, 6) is -0.251. The Kier molecular flexibility index (Phi) is 3.38. The van der Waals surface area contributed by atoms with Crippen molar-refractivity contribution in [1.82, 2.24) is 4.90 Å². The number of likely N-dealkylation sites (tertiary alicyclic amines) is 1. The Labute approximate surface area is 112 Å². The molecule has 1 amide bonds. The van der Waals surface area contributed by atoms with Crippen LogP contribution < -0.4 is 0 Å². The molecular weight excluding hydrogens is 255 g/mol. The van der Waals surface area contributed by atoms with Gasteiger partial charge in [-0.3, -0.25) is 4.79 Å². The van der Waals surface area contributed by atoms with Gasteiger partial charge >= 0.3 is 6.18 Å². The van der Waals surface area contributed by atoms with Gasteiger partial charge in [-0.2, -0.15) is 13.2 Å². The Bertz CT molecular complexity index is 358. The Balaban J connectivity index is 1.96. The Morgan fingerprint density at radius 1 is 1.11 bits per heavy atom. The third-order valence-electron chi connectivity index (χ3n) is 4.56. The molecule has 0 N–H and O–H groups in total. The summed E-state index contributed by atoms with van der Waals surface area (Å²) in [4.78, 5) is 13.8. The quantitative estimate of drug-likeness (QED) is 0.717. The molecule has 1 heterocycles. The van der Waals surface area contributed by atoms with Crippen LogP contribution in [0.2, 0.25) is 0 Å². The van der Waals surface area contributed by atoms with Crippen molar-refractivity contribution in [2.75, 3.05) is 13.1 Å². The van der Waals surface area contributed by atoms with Gasteiger partial charge in [0.25, 0.3) is 0 Å². The molecule has 0 atom stereocenters. The number of hydrogen-bond donors (Lipinski definition) is 0. The smallest absolute Gasteiger partial charge is 0.342 e. The minimum absolute atomic E-state index is 0.0443. The van der Waals surface area contributed by atoms with Crippen molar-refractivity contribution in [3.63, 3.8) is 0 Å². The van der Waals surface area contributed by atoms with E-state index in [9.17, 15) is 18.0 Å². The molecule has 1 aliphatic heterocycles. The van der Waals surface area contributed by atoms with Crippen molar-refractivity contribution in [3.8, 4) is 0 Å². The van der Waals surface area contributed by atoms with E-state index in [1.54, 1.807) is 4.90 Å². The fraction of sp³-hybridized carbons (Fsp3) is 0.929. The molecule has 110 valence electrons. The van der Waals surface area contributed by atoms with E-state index in [2.05, 4.69) is 0 Å². The Morgan fingerprint density at radius 2 is 1.58 bits per heavy atom. The molecule has 1 saturated carbocycles. The van der Waals surface area contributed by atoms with E-state index in [1.807, 2.05) is 20.8 Å². The van der Waals surface area contributed by atoms with Crippen LogP contribution in [-0.4, -0.2) is 30.1 Å². The summed E-state index contributed by atoms with van der Waals surface area (Å²) < 4.78 is 39.1. The lowest BCUT2D eigenvalue weighted by Crippen LogP contribution is -2.47. The van der Waals surface area contributed by atoms with Crippen LogP contribution in [0.3, 0.4) is 0 Å². The monoisotopic (exact) mass is 277 g/mol. The molecule has 5 heteroatoms. The molecule has 0 spiro atoms. The number of piperidine rings is 1. The predicted octanol–water partition coefficient (Wildman–Crippen LogP) is 3.61. The number of amides is 1. The number of nitrogens with zero attached hydrogens (tertiary/aromatic N) is 1. The van der Waals surface area contributed by atoms with E-state index in [4.69, 9.17) is 0 Å². The lowest BCUT2D eigenvalue weighted by atomic mass is 9.80. The van der Waals surface area contributed by atoms with Gasteiger partial charge in [-0.1, -0.05) is 20.8 Å². The Morgan fingerprint density at radius 3 is 1.89 bits per heavy atom. The number of rotatable bonds is 1. The van der Waals surface area contributed by atoms with Gasteiger partial charge in [0.2, 0.25) is 5.91 Å². The van der Waals surface area contributed by atoms with Crippen LogP contribution in [0.4, 0.5) is 13.2 Å². The topological polar surface area (TPSA) is 20.3 Å². The van der Waals surface area contributed by atoms with Crippen molar-refractivity contribution in [3.05, 3.63) is 0 Å². The number of carbonyl (C=O) groups excluding carboxylic acids is 1. The molecule has 1 saturated heterocycles. The molecule has 19 heavy (non-hydrogen) atoms. The molecule has 1 aliphatic carbocycles. The third-order valence-corrected chi connectivity index (χ3v) is 4.56. The van der Waals surface area contributed by atoms with Crippen LogP contribution in [0.15, 0.2) is 0 Å². The largest absolute Gasteiger partial charge is 0.394 e. The lowest BCUT2D eigenvalue weighted by molar-refractivity contribution is -0.207. The molecule has 0 aromatic rings. The molecule has 0 aromatic heterocycles. The van der Waals surface area contributed by atoms with Gasteiger partial charge in [-0.15, -0.1) is 0 Å². The first kappa shape index (κ1) is 14.7. The summed E-state index contributed by atoms with van der Waals surface area (Å²) in [6.45, 7) is 6.48. The summed E-state index contributed by atoms with van der Waals surface area (Å²) in [6, 6.07) is 0. The van der Waals surface area contributed by atoms with Crippen LogP contribution >= 0.6 is 0 Å². The zero-order valence-corrected chi connectivity index (χ0v) is 11.8. The number of alkyl halides is 3. The van der Waals surface area contributed by atoms with Gasteiger partial charge < -0.3 is 4.90 Å². The van der Waals surface area contributed by atoms with Crippen molar-refractivity contribution < 1.29 is 18.0 Å². The van der Waals surface area contributed by atoms with E-state index in [0.29, 0.717) is 25.9 Å². The van der Waals surface area contributed by atoms with Crippen LogP contribution in [0.25, 0.3) is 0 Å². The van der Waals surface area contributed by atoms with Crippen molar-refractivity contribution in [2.24, 2.45) is 16.7 Å². The van der Waals surface area contributed by atoms with E-state index in [0.717, 1.165) is 0 Å². The fourth-order valence-corrected chi connectivity index (χ4v) is 3.17. The molecule has 0 aromatic carbocycles. The average molecular weight is 277 g/mol. The molecule has 0 radical (unpaired) electrons. The first-order valence-electron chi connectivity index (χ1n) is 6.94. The van der Waals surface area contributed by atoms with E-state index < -0.39 is 17.0 Å². The maximum atomic E-state index is 13.0. The van der Waals surface area contributed by atoms with E-state index in [1.165, 1.54) is 0 Å². The molecular formula is C14H22F3NO. The zero-order valence-electron chi connectivity index (χ0n) is 11.8. The standard InChI is InChI=1S/C14H22F3NO/c1-12(2,3)11(19)18-8-4-10(5-9-18)13(6-7-13)14(15,16)17/h10H,4-9H2,1-3H3. The highest BCUT2D eigenvalue weighted by Crippen LogP contribution is 2.64. The van der Waals surface area contributed by atoms with Crippen molar-refractivity contribution >= 4 is 5.91 Å². The molecule has 2 aliphatic rings. The van der Waals surface area contributed by atoms with Crippen LogP contribution in [-0.2, 0) is 4.79 Å². The molecule has 2 nitrogen and oxygen atoms in total. The first-order chi connectivity index (χ1) is 8.58. The summed E-state index contributed by atoms with van der Waals surface area (Å²) in [7, 11) is 0. The van der Waals surface area contributed by atoms with E-state index in [-0.39, 0.29) is 24.7 Å². The minimum Gasteiger partial charge on any atom is -0.342 e. The van der Waals surface area contributed by atoms with Gasteiger partial charge in [0, 0.05) is 18.5 Å². The fourth-order valence-electron chi connectivity index (χ4n) is 3.17. The van der Waals surface area contributed by atoms with Gasteiger partial charge in [-0.05, 0) is 31.6 Å². The van der Waals surface area contributed by atoms with E-state index >= 15 is 0 Å². The highest BCUT2D eigenvalue weighted by molar-refractivity contribution is 5.81. The predicted molar refractivity (Wildman–Crippen MR) is 66.5 cm³/mol. The molecule has 2 fully saturated rings. The third kappa shape index (κ3) is 2.61. The zero-order chi connectivity index (χ0) is 14.5. The average Bonchev–Trinajstić information content (AvgIpc) is 3.07. The van der Waals surface area contributed by atoms with Gasteiger partial charge in [0.05, 0.1) is 5.41 Å². The summed E-state index contributed by atoms with van der Waals surface area (Å²) in [6.07, 6.45) is -2.56. The molecule has 0 bridgehead atoms. The summed E-state index contributed by atoms with van der Waals surface area (Å²) >= 11 is 0. The summed E-state index contributed by atoms with van der Waals surface area (Å²) in [5, 5.41) is 0. The van der Waals surface area contributed by atoms with Gasteiger partial charge in [-0.25, -0.2) is 0 Å². The highest BCUT2D eigenvalue weighted by Gasteiger charge is 2.66. The second-order valence-electron chi connectivity index (χ2n) is 6.97. The Hall–Kier alpha value is -0.740. The maximum absolute atomic E-state index is 13.0. The molecule has 2 rings (SSSR count). The van der Waals surface area contributed by atoms with Gasteiger partial charge in [0.15, 0.2) is 0 Å². The number of carbonyl (C=O) groups is 1. The van der Waals surface area contributed by atoms with Crippen LogP contribution in [0, 0.1) is 16.7 Å². The van der Waals surface area contributed by atoms with Crippen LogP contribution in [0.5, 0.6) is 0 Å². The van der Waals surface area contributed by atoms with Crippen molar-refractivity contribution in [2.45, 2.75) is 52.6 Å². The van der Waals surface area contributed by atoms with Crippen LogP contribution in [0.1, 0.15) is 46.5 Å². The lowest BCUT2D eigenvalue weighted by Gasteiger charge is -2.39. The highest BCUT2D eigenvalue weighted by atomic mass is 19.4. The summed E-state index contributed by atoms with van der Waals surface area (Å²) in [5.41, 5.74) is -1.88. The number of halogens is 3. The molecule has 0 unspecified atom stereocenters. The normalized spacial score (nSPS) is 24.4. The SMILES string of the molecule is CC(C)(C)C(=O)N1CCC(C2(C(F)(F)F)CC2)CC1. The minimum atomic E-state index is -4.08. The second kappa shape index (κ2) is 4.38. The second-order valence-corrected chi connectivity index (χ2v) is 6.97. The van der Waals surface area contributed by atoms with Gasteiger partial charge in [0.1, 0.15) is 0 Å². The first-order valence-corrected chi connectivity index (χ1v) is 6.94. The maximum Gasteiger partial charge on any atom is 0.394 e. The number of hydrogen-bond acceptors (Lipinski definition) is 1.